The van der Waals surface area contributed by atoms with E-state index in [1.54, 1.807) is 0 Å². The van der Waals surface area contributed by atoms with E-state index in [4.69, 9.17) is 10.3 Å². The fourth-order valence-electron chi connectivity index (χ4n) is 2.99. The number of aliphatic hydroxyl groups is 2. The third-order valence-corrected chi connectivity index (χ3v) is 5.39. The molecule has 4 rings (SSSR count). The molecule has 0 bridgehead atoms. The topological polar surface area (TPSA) is 158 Å². The van der Waals surface area contributed by atoms with Gasteiger partial charge in [0, 0.05) is 11.1 Å². The standard InChI is InChI=1S/C16H14FN7O4S/c17-11-12(26)16(7-25,22-23-18)28-13(11)24-6-5-10(21-15(24)27)20-14-19-8-3-1-2-4-9(8)29-14/h1-6,11-13,25-26H,7H2,(H,19,20,21,27)/t11-,12-,13+,16+/m0/s1. The molecule has 4 atom stereocenters. The van der Waals surface area contributed by atoms with Crippen LogP contribution in [-0.2, 0) is 4.74 Å². The predicted octanol–water partition coefficient (Wildman–Crippen LogP) is 1.82. The summed E-state index contributed by atoms with van der Waals surface area (Å²) in [5.41, 5.74) is 6.30. The Bertz CT molecular complexity index is 1130. The molecular weight excluding hydrogens is 405 g/mol. The molecule has 2 aromatic heterocycles. The molecule has 1 aromatic carbocycles. The quantitative estimate of drug-likeness (QED) is 0.323. The summed E-state index contributed by atoms with van der Waals surface area (Å²) in [4.78, 5) is 23.1. The first-order chi connectivity index (χ1) is 14.0. The molecule has 3 heterocycles. The van der Waals surface area contributed by atoms with Crippen molar-refractivity contribution in [2.75, 3.05) is 11.9 Å². The SMILES string of the molecule is [N-]=[N+]=N[C@]1(CO)O[C@@H](n2ccc(Nc3nc4ccccc4s3)nc2=O)[C@@H](F)[C@@H]1O. The largest absolute Gasteiger partial charge is 0.393 e. The smallest absolute Gasteiger partial charge is 0.351 e. The molecule has 0 saturated carbocycles. The number of halogens is 1. The number of alkyl halides is 1. The Morgan fingerprint density at radius 3 is 2.90 bits per heavy atom. The molecule has 3 aromatic rings. The highest BCUT2D eigenvalue weighted by Crippen LogP contribution is 2.39. The highest BCUT2D eigenvalue weighted by molar-refractivity contribution is 7.22. The second kappa shape index (κ2) is 7.39. The lowest BCUT2D eigenvalue weighted by molar-refractivity contribution is -0.124. The van der Waals surface area contributed by atoms with Crippen LogP contribution in [0, 0.1) is 0 Å². The third-order valence-electron chi connectivity index (χ3n) is 4.43. The van der Waals surface area contributed by atoms with E-state index in [2.05, 4.69) is 25.3 Å². The molecule has 1 fully saturated rings. The van der Waals surface area contributed by atoms with Crippen molar-refractivity contribution in [2.45, 2.75) is 24.2 Å². The van der Waals surface area contributed by atoms with Gasteiger partial charge in [-0.3, -0.25) is 4.57 Å². The number of aliphatic hydroxyl groups excluding tert-OH is 2. The zero-order chi connectivity index (χ0) is 20.6. The second-order valence-corrected chi connectivity index (χ2v) is 7.24. The molecular formula is C16H14FN7O4S. The number of azide groups is 1. The van der Waals surface area contributed by atoms with Gasteiger partial charge in [-0.15, -0.1) is 0 Å². The van der Waals surface area contributed by atoms with Crippen molar-refractivity contribution in [1.82, 2.24) is 14.5 Å². The highest BCUT2D eigenvalue weighted by atomic mass is 32.1. The van der Waals surface area contributed by atoms with Gasteiger partial charge < -0.3 is 20.3 Å². The average Bonchev–Trinajstić information content (AvgIpc) is 3.22. The third kappa shape index (κ3) is 3.30. The molecule has 0 spiro atoms. The lowest BCUT2D eigenvalue weighted by atomic mass is 10.1. The lowest BCUT2D eigenvalue weighted by Gasteiger charge is -2.23. The van der Waals surface area contributed by atoms with Crippen LogP contribution in [0.3, 0.4) is 0 Å². The van der Waals surface area contributed by atoms with Crippen molar-refractivity contribution in [1.29, 1.82) is 0 Å². The second-order valence-electron chi connectivity index (χ2n) is 6.20. The number of fused-ring (bicyclic) bond motifs is 1. The lowest BCUT2D eigenvalue weighted by Crippen LogP contribution is -2.43. The monoisotopic (exact) mass is 419 g/mol. The number of ether oxygens (including phenoxy) is 1. The van der Waals surface area contributed by atoms with E-state index in [0.717, 1.165) is 14.8 Å². The van der Waals surface area contributed by atoms with Crippen LogP contribution in [0.15, 0.2) is 46.4 Å². The van der Waals surface area contributed by atoms with Gasteiger partial charge >= 0.3 is 5.69 Å². The number of thiazole rings is 1. The van der Waals surface area contributed by atoms with E-state index in [1.165, 1.54) is 23.6 Å². The molecule has 1 aliphatic rings. The summed E-state index contributed by atoms with van der Waals surface area (Å²) in [5.74, 6) is 0.183. The molecule has 0 aliphatic carbocycles. The molecule has 1 saturated heterocycles. The van der Waals surface area contributed by atoms with Crippen LogP contribution in [-0.4, -0.2) is 49.4 Å². The van der Waals surface area contributed by atoms with Gasteiger partial charge in [-0.1, -0.05) is 28.6 Å². The van der Waals surface area contributed by atoms with E-state index in [-0.39, 0.29) is 5.82 Å². The summed E-state index contributed by atoms with van der Waals surface area (Å²) in [5, 5.41) is 26.0. The van der Waals surface area contributed by atoms with Crippen LogP contribution in [0.4, 0.5) is 15.3 Å². The van der Waals surface area contributed by atoms with E-state index in [1.807, 2.05) is 24.3 Å². The number of anilines is 2. The van der Waals surface area contributed by atoms with Gasteiger partial charge in [0.2, 0.25) is 5.72 Å². The van der Waals surface area contributed by atoms with Gasteiger partial charge in [0.15, 0.2) is 17.5 Å². The molecule has 11 nitrogen and oxygen atoms in total. The Labute approximate surface area is 165 Å². The Balaban J connectivity index is 1.60. The van der Waals surface area contributed by atoms with Crippen LogP contribution in [0.2, 0.25) is 0 Å². The first kappa shape index (κ1) is 19.2. The summed E-state index contributed by atoms with van der Waals surface area (Å²) in [6, 6.07) is 8.91. The maximum atomic E-state index is 14.5. The number of benzene rings is 1. The van der Waals surface area contributed by atoms with Gasteiger partial charge in [0.25, 0.3) is 0 Å². The Morgan fingerprint density at radius 2 is 2.21 bits per heavy atom. The average molecular weight is 419 g/mol. The zero-order valence-electron chi connectivity index (χ0n) is 14.6. The van der Waals surface area contributed by atoms with Crippen molar-refractivity contribution >= 4 is 32.5 Å². The van der Waals surface area contributed by atoms with Crippen molar-refractivity contribution < 1.29 is 19.3 Å². The number of hydrogen-bond donors (Lipinski definition) is 3. The minimum atomic E-state index is -2.23. The van der Waals surface area contributed by atoms with Crippen LogP contribution >= 0.6 is 11.3 Å². The van der Waals surface area contributed by atoms with Gasteiger partial charge in [-0.2, -0.15) is 4.98 Å². The van der Waals surface area contributed by atoms with Crippen LogP contribution in [0.25, 0.3) is 20.7 Å². The summed E-state index contributed by atoms with van der Waals surface area (Å²) < 4.78 is 21.5. The number of rotatable bonds is 5. The molecule has 3 N–H and O–H groups in total. The van der Waals surface area contributed by atoms with Crippen LogP contribution in [0.1, 0.15) is 6.23 Å². The predicted molar refractivity (Wildman–Crippen MR) is 101 cm³/mol. The minimum absolute atomic E-state index is 0.183. The minimum Gasteiger partial charge on any atom is -0.393 e. The van der Waals surface area contributed by atoms with Crippen molar-refractivity contribution in [3.63, 3.8) is 0 Å². The van der Waals surface area contributed by atoms with Gasteiger partial charge in [0.05, 0.1) is 16.8 Å². The molecule has 0 unspecified atom stereocenters. The zero-order valence-corrected chi connectivity index (χ0v) is 15.4. The van der Waals surface area contributed by atoms with Crippen molar-refractivity contribution in [3.05, 3.63) is 57.5 Å². The Morgan fingerprint density at radius 1 is 1.41 bits per heavy atom. The maximum absolute atomic E-state index is 14.5. The number of para-hydroxylation sites is 1. The van der Waals surface area contributed by atoms with Crippen molar-refractivity contribution in [2.24, 2.45) is 5.11 Å². The Kier molecular flexibility index (Phi) is 4.90. The molecule has 13 heteroatoms. The summed E-state index contributed by atoms with van der Waals surface area (Å²) >= 11 is 1.37. The summed E-state index contributed by atoms with van der Waals surface area (Å²) in [6.07, 6.45) is -4.49. The van der Waals surface area contributed by atoms with E-state index < -0.39 is 36.5 Å². The Hall–Kier alpha value is -3.09. The molecule has 150 valence electrons. The first-order valence-corrected chi connectivity index (χ1v) is 9.18. The van der Waals surface area contributed by atoms with Crippen LogP contribution in [0.5, 0.6) is 0 Å². The number of aromatic nitrogens is 3. The molecule has 29 heavy (non-hydrogen) atoms. The van der Waals surface area contributed by atoms with E-state index in [9.17, 15) is 19.4 Å². The highest BCUT2D eigenvalue weighted by Gasteiger charge is 2.56. The van der Waals surface area contributed by atoms with Gasteiger partial charge in [-0.05, 0) is 23.7 Å². The number of nitrogens with one attached hydrogen (secondary N) is 1. The normalized spacial score (nSPS) is 26.4. The van der Waals surface area contributed by atoms with E-state index in [0.29, 0.717) is 5.13 Å². The summed E-state index contributed by atoms with van der Waals surface area (Å²) in [7, 11) is 0. The fourth-order valence-corrected chi connectivity index (χ4v) is 3.86. The first-order valence-electron chi connectivity index (χ1n) is 8.36. The van der Waals surface area contributed by atoms with E-state index >= 15 is 0 Å². The summed E-state index contributed by atoms with van der Waals surface area (Å²) in [6.45, 7) is -0.964. The maximum Gasteiger partial charge on any atom is 0.351 e. The molecule has 0 amide bonds. The fraction of sp³-hybridized carbons (Fsp3) is 0.312. The van der Waals surface area contributed by atoms with Gasteiger partial charge in [-0.25, -0.2) is 14.2 Å². The molecule has 0 radical (unpaired) electrons. The number of nitrogens with zero attached hydrogens (tertiary/aromatic N) is 6. The van der Waals surface area contributed by atoms with Crippen LogP contribution < -0.4 is 11.0 Å². The van der Waals surface area contributed by atoms with Gasteiger partial charge in [0.1, 0.15) is 11.9 Å². The van der Waals surface area contributed by atoms with Crippen molar-refractivity contribution in [3.8, 4) is 0 Å². The molecule has 1 aliphatic heterocycles. The number of hydrogen-bond acceptors (Lipinski definition) is 9.